The smallest absolute Gasteiger partial charge is 0.129 e. The molecule has 1 aromatic heterocycles. The maximum Gasteiger partial charge on any atom is 0.129 e. The second kappa shape index (κ2) is 7.95. The van der Waals surface area contributed by atoms with Crippen molar-refractivity contribution in [3.63, 3.8) is 0 Å². The summed E-state index contributed by atoms with van der Waals surface area (Å²) < 4.78 is 0. The SMILES string of the molecule is C=CCN(c1cc(CNC)cc(CCC)n1)C(C)C. The van der Waals surface area contributed by atoms with Gasteiger partial charge in [-0.1, -0.05) is 19.4 Å². The molecule has 0 atom stereocenters. The molecule has 106 valence electrons. The van der Waals surface area contributed by atoms with Crippen LogP contribution >= 0.6 is 0 Å². The van der Waals surface area contributed by atoms with Crippen LogP contribution in [0.3, 0.4) is 0 Å². The predicted octanol–water partition coefficient (Wildman–Crippen LogP) is 3.15. The van der Waals surface area contributed by atoms with Crippen molar-refractivity contribution in [3.05, 3.63) is 36.0 Å². The van der Waals surface area contributed by atoms with E-state index in [9.17, 15) is 0 Å². The Kier molecular flexibility index (Phi) is 6.57. The van der Waals surface area contributed by atoms with Crippen LogP contribution in [-0.2, 0) is 13.0 Å². The molecule has 1 rings (SSSR count). The minimum atomic E-state index is 0.421. The van der Waals surface area contributed by atoms with Crippen molar-refractivity contribution >= 4 is 5.82 Å². The molecule has 0 spiro atoms. The zero-order chi connectivity index (χ0) is 14.3. The third-order valence-electron chi connectivity index (χ3n) is 3.06. The van der Waals surface area contributed by atoms with Gasteiger partial charge in [0.2, 0.25) is 0 Å². The average Bonchev–Trinajstić information content (AvgIpc) is 2.36. The molecule has 0 aliphatic rings. The summed E-state index contributed by atoms with van der Waals surface area (Å²) in [5.74, 6) is 1.06. The number of rotatable bonds is 8. The minimum Gasteiger partial charge on any atom is -0.350 e. The van der Waals surface area contributed by atoms with Crippen LogP contribution in [0.25, 0.3) is 0 Å². The molecule has 0 aromatic carbocycles. The van der Waals surface area contributed by atoms with E-state index in [0.29, 0.717) is 6.04 Å². The van der Waals surface area contributed by atoms with Gasteiger partial charge in [-0.2, -0.15) is 0 Å². The fraction of sp³-hybridized carbons (Fsp3) is 0.562. The van der Waals surface area contributed by atoms with Crippen molar-refractivity contribution in [2.24, 2.45) is 0 Å². The van der Waals surface area contributed by atoms with Gasteiger partial charge in [0.05, 0.1) is 0 Å². The number of aryl methyl sites for hydroxylation is 1. The first-order valence-electron chi connectivity index (χ1n) is 7.14. The summed E-state index contributed by atoms with van der Waals surface area (Å²) in [6.07, 6.45) is 4.09. The molecule has 3 nitrogen and oxygen atoms in total. The van der Waals surface area contributed by atoms with Gasteiger partial charge in [0, 0.05) is 24.8 Å². The molecule has 19 heavy (non-hydrogen) atoms. The second-order valence-electron chi connectivity index (χ2n) is 5.14. The van der Waals surface area contributed by atoms with Gasteiger partial charge in [0.1, 0.15) is 5.82 Å². The number of anilines is 1. The maximum absolute atomic E-state index is 4.80. The largest absolute Gasteiger partial charge is 0.350 e. The van der Waals surface area contributed by atoms with Gasteiger partial charge in [0.25, 0.3) is 0 Å². The van der Waals surface area contributed by atoms with E-state index in [0.717, 1.165) is 31.7 Å². The molecule has 1 aromatic rings. The van der Waals surface area contributed by atoms with E-state index in [2.05, 4.69) is 49.7 Å². The molecule has 0 amide bonds. The van der Waals surface area contributed by atoms with E-state index in [1.165, 1.54) is 11.3 Å². The van der Waals surface area contributed by atoms with Crippen molar-refractivity contribution in [3.8, 4) is 0 Å². The molecule has 0 bridgehead atoms. The van der Waals surface area contributed by atoms with Crippen molar-refractivity contribution in [1.82, 2.24) is 10.3 Å². The molecule has 0 saturated heterocycles. The molecule has 0 aliphatic carbocycles. The van der Waals surface area contributed by atoms with Crippen molar-refractivity contribution in [2.45, 2.75) is 46.2 Å². The Bertz CT molecular complexity index is 375. The van der Waals surface area contributed by atoms with Crippen molar-refractivity contribution in [2.75, 3.05) is 18.5 Å². The van der Waals surface area contributed by atoms with Crippen LogP contribution in [0, 0.1) is 0 Å². The summed E-state index contributed by atoms with van der Waals surface area (Å²) >= 11 is 0. The Labute approximate surface area is 117 Å². The van der Waals surface area contributed by atoms with Crippen LogP contribution in [0.4, 0.5) is 5.82 Å². The lowest BCUT2D eigenvalue weighted by atomic mass is 10.1. The molecular formula is C16H27N3. The number of pyridine rings is 1. The van der Waals surface area contributed by atoms with E-state index >= 15 is 0 Å². The van der Waals surface area contributed by atoms with Crippen LogP contribution in [0.2, 0.25) is 0 Å². The summed E-state index contributed by atoms with van der Waals surface area (Å²) in [5.41, 5.74) is 2.48. The molecule has 1 heterocycles. The standard InChI is InChI=1S/C16H27N3/c1-6-8-15-10-14(12-17-5)11-16(18-15)19(9-7-2)13(3)4/h7,10-11,13,17H,2,6,8-9,12H2,1,3-5H3. The minimum absolute atomic E-state index is 0.421. The average molecular weight is 261 g/mol. The van der Waals surface area contributed by atoms with E-state index in [1.807, 2.05) is 13.1 Å². The summed E-state index contributed by atoms with van der Waals surface area (Å²) in [6.45, 7) is 12.1. The first-order valence-corrected chi connectivity index (χ1v) is 7.14. The number of aromatic nitrogens is 1. The molecule has 1 N–H and O–H groups in total. The second-order valence-corrected chi connectivity index (χ2v) is 5.14. The van der Waals surface area contributed by atoms with Crippen molar-refractivity contribution < 1.29 is 0 Å². The molecule has 0 radical (unpaired) electrons. The first kappa shape index (κ1) is 15.7. The van der Waals surface area contributed by atoms with E-state index in [1.54, 1.807) is 0 Å². The highest BCUT2D eigenvalue weighted by atomic mass is 15.2. The lowest BCUT2D eigenvalue weighted by molar-refractivity contribution is 0.705. The Hall–Kier alpha value is -1.35. The topological polar surface area (TPSA) is 28.2 Å². The molecule has 0 unspecified atom stereocenters. The Morgan fingerprint density at radius 1 is 1.42 bits per heavy atom. The normalized spacial score (nSPS) is 10.8. The number of hydrogen-bond donors (Lipinski definition) is 1. The Morgan fingerprint density at radius 2 is 2.16 bits per heavy atom. The zero-order valence-electron chi connectivity index (χ0n) is 12.7. The van der Waals surface area contributed by atoms with Crippen LogP contribution < -0.4 is 10.2 Å². The molecule has 0 saturated carbocycles. The van der Waals surface area contributed by atoms with Gasteiger partial charge in [0.15, 0.2) is 0 Å². The van der Waals surface area contributed by atoms with E-state index < -0.39 is 0 Å². The summed E-state index contributed by atoms with van der Waals surface area (Å²) in [6, 6.07) is 4.81. The number of nitrogens with zero attached hydrogens (tertiary/aromatic N) is 2. The maximum atomic E-state index is 4.80. The van der Waals surface area contributed by atoms with Gasteiger partial charge in [-0.15, -0.1) is 6.58 Å². The summed E-state index contributed by atoms with van der Waals surface area (Å²) in [4.78, 5) is 7.08. The van der Waals surface area contributed by atoms with Crippen LogP contribution in [-0.4, -0.2) is 24.6 Å². The van der Waals surface area contributed by atoms with Crippen LogP contribution in [0.1, 0.15) is 38.4 Å². The van der Waals surface area contributed by atoms with Crippen LogP contribution in [0.5, 0.6) is 0 Å². The summed E-state index contributed by atoms with van der Waals surface area (Å²) in [5, 5.41) is 3.21. The van der Waals surface area contributed by atoms with E-state index in [4.69, 9.17) is 4.98 Å². The molecule has 0 fully saturated rings. The Balaban J connectivity index is 3.11. The lowest BCUT2D eigenvalue weighted by Crippen LogP contribution is -2.32. The van der Waals surface area contributed by atoms with Gasteiger partial charge in [-0.3, -0.25) is 0 Å². The highest BCUT2D eigenvalue weighted by molar-refractivity contribution is 5.44. The third kappa shape index (κ3) is 4.67. The Morgan fingerprint density at radius 3 is 2.68 bits per heavy atom. The first-order chi connectivity index (χ1) is 9.12. The fourth-order valence-corrected chi connectivity index (χ4v) is 2.18. The highest BCUT2D eigenvalue weighted by Crippen LogP contribution is 2.18. The van der Waals surface area contributed by atoms with Gasteiger partial charge < -0.3 is 10.2 Å². The number of nitrogens with one attached hydrogen (secondary N) is 1. The summed E-state index contributed by atoms with van der Waals surface area (Å²) in [7, 11) is 1.98. The predicted molar refractivity (Wildman–Crippen MR) is 83.7 cm³/mol. The molecule has 0 aliphatic heterocycles. The van der Waals surface area contributed by atoms with Crippen molar-refractivity contribution in [1.29, 1.82) is 0 Å². The molecular weight excluding hydrogens is 234 g/mol. The highest BCUT2D eigenvalue weighted by Gasteiger charge is 2.12. The third-order valence-corrected chi connectivity index (χ3v) is 3.06. The molecule has 3 heteroatoms. The number of hydrogen-bond acceptors (Lipinski definition) is 3. The van der Waals surface area contributed by atoms with Gasteiger partial charge in [-0.25, -0.2) is 4.98 Å². The van der Waals surface area contributed by atoms with Crippen LogP contribution in [0.15, 0.2) is 24.8 Å². The lowest BCUT2D eigenvalue weighted by Gasteiger charge is -2.27. The van der Waals surface area contributed by atoms with Gasteiger partial charge in [-0.05, 0) is 45.0 Å². The van der Waals surface area contributed by atoms with E-state index in [-0.39, 0.29) is 0 Å². The zero-order valence-corrected chi connectivity index (χ0v) is 12.7. The van der Waals surface area contributed by atoms with Gasteiger partial charge >= 0.3 is 0 Å². The quantitative estimate of drug-likeness (QED) is 0.729. The monoisotopic (exact) mass is 261 g/mol. The fourth-order valence-electron chi connectivity index (χ4n) is 2.18.